The first-order valence-corrected chi connectivity index (χ1v) is 5.35. The van der Waals surface area contributed by atoms with E-state index in [-0.39, 0.29) is 16.8 Å². The summed E-state index contributed by atoms with van der Waals surface area (Å²) >= 11 is 5.76. The lowest BCUT2D eigenvalue weighted by Crippen LogP contribution is -2.20. The molecule has 0 heterocycles. The molecule has 0 bridgehead atoms. The van der Waals surface area contributed by atoms with E-state index in [0.29, 0.717) is 18.7 Å². The molecule has 16 heavy (non-hydrogen) atoms. The van der Waals surface area contributed by atoms with Gasteiger partial charge in [0.1, 0.15) is 5.82 Å². The van der Waals surface area contributed by atoms with Crippen LogP contribution in [0.25, 0.3) is 0 Å². The Morgan fingerprint density at radius 1 is 1.62 bits per heavy atom. The van der Waals surface area contributed by atoms with Gasteiger partial charge in [-0.05, 0) is 30.7 Å². The smallest absolute Gasteiger partial charge is 0.224 e. The minimum atomic E-state index is -0.432. The molecule has 0 saturated carbocycles. The van der Waals surface area contributed by atoms with Crippen LogP contribution in [0.3, 0.4) is 0 Å². The van der Waals surface area contributed by atoms with E-state index in [4.69, 9.17) is 17.3 Å². The first-order valence-electron chi connectivity index (χ1n) is 4.98. The summed E-state index contributed by atoms with van der Waals surface area (Å²) in [6.07, 6.45) is 0.324. The van der Waals surface area contributed by atoms with Gasteiger partial charge in [0.15, 0.2) is 0 Å². The molecule has 1 amide bonds. The van der Waals surface area contributed by atoms with Crippen LogP contribution in [0.15, 0.2) is 18.2 Å². The maximum Gasteiger partial charge on any atom is 0.224 e. The van der Waals surface area contributed by atoms with Crippen LogP contribution in [0, 0.1) is 11.7 Å². The van der Waals surface area contributed by atoms with Crippen molar-refractivity contribution in [3.05, 3.63) is 29.0 Å². The zero-order valence-corrected chi connectivity index (χ0v) is 9.72. The number of carbonyl (C=O) groups is 1. The molecule has 1 aromatic carbocycles. The molecule has 1 atom stereocenters. The van der Waals surface area contributed by atoms with Gasteiger partial charge >= 0.3 is 0 Å². The number of hydrogen-bond donors (Lipinski definition) is 2. The van der Waals surface area contributed by atoms with Crippen LogP contribution in [-0.2, 0) is 4.79 Å². The molecule has 1 unspecified atom stereocenters. The molecule has 0 aliphatic carbocycles. The molecule has 1 aromatic rings. The molecule has 0 fully saturated rings. The van der Waals surface area contributed by atoms with Crippen molar-refractivity contribution >= 4 is 23.2 Å². The van der Waals surface area contributed by atoms with Crippen molar-refractivity contribution in [3.63, 3.8) is 0 Å². The number of nitrogens with one attached hydrogen (secondary N) is 1. The van der Waals surface area contributed by atoms with Crippen molar-refractivity contribution < 1.29 is 9.18 Å². The maximum atomic E-state index is 12.7. The third kappa shape index (κ3) is 3.79. The van der Waals surface area contributed by atoms with Gasteiger partial charge in [-0.3, -0.25) is 4.79 Å². The molecule has 0 radical (unpaired) electrons. The first kappa shape index (κ1) is 12.9. The fourth-order valence-electron chi connectivity index (χ4n) is 1.19. The SMILES string of the molecule is CC(CN)CC(=O)Nc1ccc(F)cc1Cl. The zero-order valence-electron chi connectivity index (χ0n) is 8.97. The molecule has 0 aliphatic heterocycles. The summed E-state index contributed by atoms with van der Waals surface area (Å²) in [5.41, 5.74) is 5.82. The summed E-state index contributed by atoms with van der Waals surface area (Å²) in [7, 11) is 0. The second-order valence-corrected chi connectivity index (χ2v) is 4.12. The van der Waals surface area contributed by atoms with Gasteiger partial charge < -0.3 is 11.1 Å². The van der Waals surface area contributed by atoms with Crippen LogP contribution in [0.1, 0.15) is 13.3 Å². The predicted molar refractivity (Wildman–Crippen MR) is 62.9 cm³/mol. The molecule has 0 aromatic heterocycles. The number of benzene rings is 1. The number of carbonyl (C=O) groups excluding carboxylic acids is 1. The summed E-state index contributed by atoms with van der Waals surface area (Å²) in [5.74, 6) is -0.496. The van der Waals surface area contributed by atoms with Crippen molar-refractivity contribution in [2.75, 3.05) is 11.9 Å². The summed E-state index contributed by atoms with van der Waals surface area (Å²) in [5, 5.41) is 2.80. The molecule has 0 spiro atoms. The minimum Gasteiger partial charge on any atom is -0.330 e. The third-order valence-electron chi connectivity index (χ3n) is 2.14. The van der Waals surface area contributed by atoms with E-state index < -0.39 is 5.82 Å². The minimum absolute atomic E-state index is 0.110. The third-order valence-corrected chi connectivity index (χ3v) is 2.45. The van der Waals surface area contributed by atoms with Gasteiger partial charge in [-0.1, -0.05) is 18.5 Å². The highest BCUT2D eigenvalue weighted by Crippen LogP contribution is 2.22. The van der Waals surface area contributed by atoms with E-state index in [2.05, 4.69) is 5.32 Å². The monoisotopic (exact) mass is 244 g/mol. The van der Waals surface area contributed by atoms with E-state index in [0.717, 1.165) is 6.07 Å². The Morgan fingerprint density at radius 2 is 2.31 bits per heavy atom. The highest BCUT2D eigenvalue weighted by molar-refractivity contribution is 6.33. The van der Waals surface area contributed by atoms with Crippen LogP contribution in [0.2, 0.25) is 5.02 Å². The summed E-state index contributed by atoms with van der Waals surface area (Å²) in [4.78, 5) is 11.5. The van der Waals surface area contributed by atoms with Gasteiger partial charge in [-0.15, -0.1) is 0 Å². The predicted octanol–water partition coefficient (Wildman–Crippen LogP) is 2.40. The molecule has 0 aliphatic rings. The van der Waals surface area contributed by atoms with Crippen LogP contribution in [0.5, 0.6) is 0 Å². The second-order valence-electron chi connectivity index (χ2n) is 3.72. The van der Waals surface area contributed by atoms with Gasteiger partial charge in [0, 0.05) is 6.42 Å². The lowest BCUT2D eigenvalue weighted by molar-refractivity contribution is -0.116. The fourth-order valence-corrected chi connectivity index (χ4v) is 1.41. The van der Waals surface area contributed by atoms with E-state index in [9.17, 15) is 9.18 Å². The Bertz CT molecular complexity index is 384. The Kier molecular flexibility index (Phi) is 4.71. The highest BCUT2D eigenvalue weighted by Gasteiger charge is 2.09. The number of halogens is 2. The van der Waals surface area contributed by atoms with Gasteiger partial charge in [0.2, 0.25) is 5.91 Å². The second kappa shape index (κ2) is 5.82. The van der Waals surface area contributed by atoms with Crippen LogP contribution in [-0.4, -0.2) is 12.5 Å². The zero-order chi connectivity index (χ0) is 12.1. The lowest BCUT2D eigenvalue weighted by Gasteiger charge is -2.10. The molecule has 0 saturated heterocycles. The van der Waals surface area contributed by atoms with E-state index in [1.165, 1.54) is 12.1 Å². The summed E-state index contributed by atoms with van der Waals surface area (Å²) in [6, 6.07) is 3.83. The molecule has 3 nitrogen and oxygen atoms in total. The molecule has 88 valence electrons. The first-order chi connectivity index (χ1) is 7.52. The van der Waals surface area contributed by atoms with E-state index in [1.54, 1.807) is 0 Å². The normalized spacial score (nSPS) is 12.2. The fraction of sp³-hybridized carbons (Fsp3) is 0.364. The molecular formula is C11H14ClFN2O. The average molecular weight is 245 g/mol. The summed E-state index contributed by atoms with van der Waals surface area (Å²) < 4.78 is 12.7. The van der Waals surface area contributed by atoms with Gasteiger partial charge in [0.05, 0.1) is 10.7 Å². The highest BCUT2D eigenvalue weighted by atomic mass is 35.5. The number of nitrogens with two attached hydrogens (primary N) is 1. The van der Waals surface area contributed by atoms with Crippen molar-refractivity contribution in [1.82, 2.24) is 0 Å². The molecular weight excluding hydrogens is 231 g/mol. The maximum absolute atomic E-state index is 12.7. The summed E-state index contributed by atoms with van der Waals surface area (Å²) in [6.45, 7) is 2.33. The van der Waals surface area contributed by atoms with Crippen molar-refractivity contribution in [2.45, 2.75) is 13.3 Å². The van der Waals surface area contributed by atoms with Crippen LogP contribution >= 0.6 is 11.6 Å². The number of hydrogen-bond acceptors (Lipinski definition) is 2. The quantitative estimate of drug-likeness (QED) is 0.855. The van der Waals surface area contributed by atoms with Gasteiger partial charge in [-0.25, -0.2) is 4.39 Å². The van der Waals surface area contributed by atoms with E-state index in [1.807, 2.05) is 6.92 Å². The van der Waals surface area contributed by atoms with Crippen molar-refractivity contribution in [2.24, 2.45) is 11.7 Å². The Hall–Kier alpha value is -1.13. The van der Waals surface area contributed by atoms with Gasteiger partial charge in [0.25, 0.3) is 0 Å². The van der Waals surface area contributed by atoms with Crippen LogP contribution in [0.4, 0.5) is 10.1 Å². The van der Waals surface area contributed by atoms with Crippen molar-refractivity contribution in [3.8, 4) is 0 Å². The Labute approximate surface area is 98.8 Å². The standard InChI is InChI=1S/C11H14ClFN2O/c1-7(6-14)4-11(16)15-10-3-2-8(13)5-9(10)12/h2-3,5,7H,4,6,14H2,1H3,(H,15,16). The average Bonchev–Trinajstić information content (AvgIpc) is 2.22. The van der Waals surface area contributed by atoms with Gasteiger partial charge in [-0.2, -0.15) is 0 Å². The number of rotatable bonds is 4. The topological polar surface area (TPSA) is 55.1 Å². The molecule has 1 rings (SSSR count). The largest absolute Gasteiger partial charge is 0.330 e. The Balaban J connectivity index is 2.63. The molecule has 3 N–H and O–H groups in total. The lowest BCUT2D eigenvalue weighted by atomic mass is 10.1. The number of amides is 1. The molecule has 5 heteroatoms. The Morgan fingerprint density at radius 3 is 2.88 bits per heavy atom. The van der Waals surface area contributed by atoms with Crippen LogP contribution < -0.4 is 11.1 Å². The van der Waals surface area contributed by atoms with E-state index >= 15 is 0 Å². The number of anilines is 1. The van der Waals surface area contributed by atoms with Crippen molar-refractivity contribution in [1.29, 1.82) is 0 Å².